The van der Waals surface area contributed by atoms with Gasteiger partial charge in [0, 0.05) is 18.2 Å². The fraction of sp³-hybridized carbons (Fsp3) is 0.417. The van der Waals surface area contributed by atoms with Crippen LogP contribution < -0.4 is 24.3 Å². The number of azo groups is 1. The molecule has 1 N–H and O–H groups in total. The van der Waals surface area contributed by atoms with Gasteiger partial charge in [-0.3, -0.25) is 9.59 Å². The molecule has 0 aliphatic heterocycles. The summed E-state index contributed by atoms with van der Waals surface area (Å²) in [6.45, 7) is 9.95. The summed E-state index contributed by atoms with van der Waals surface area (Å²) in [6.07, 6.45) is 0. The highest BCUT2D eigenvalue weighted by Crippen LogP contribution is 2.39. The summed E-state index contributed by atoms with van der Waals surface area (Å²) in [6, 6.07) is 4.71. The van der Waals surface area contributed by atoms with Crippen LogP contribution in [-0.4, -0.2) is 44.2 Å². The Morgan fingerprint density at radius 3 is 1.89 bits per heavy atom. The number of anilines is 1. The van der Waals surface area contributed by atoms with Crippen LogP contribution in [0.1, 0.15) is 34.6 Å². The fourth-order valence-corrected chi connectivity index (χ4v) is 3.37. The Kier molecular flexibility index (Phi) is 11.1. The van der Waals surface area contributed by atoms with Gasteiger partial charge in [-0.15, -0.1) is 0 Å². The molecule has 2 aromatic carbocycles. The smallest absolute Gasteiger partial charge is 0.258 e. The summed E-state index contributed by atoms with van der Waals surface area (Å²) in [5, 5.41) is 11.4. The largest absolute Gasteiger partial charge is 0.492 e. The van der Waals surface area contributed by atoms with E-state index >= 15 is 0 Å². The quantitative estimate of drug-likeness (QED) is 0.244. The number of benzene rings is 2. The van der Waals surface area contributed by atoms with Crippen molar-refractivity contribution in [3.63, 3.8) is 0 Å². The normalized spacial score (nSPS) is 11.7. The molecule has 2 aromatic rings. The van der Waals surface area contributed by atoms with Crippen molar-refractivity contribution in [3.8, 4) is 23.0 Å². The third-order valence-corrected chi connectivity index (χ3v) is 5.01. The first-order valence-corrected chi connectivity index (χ1v) is 11.9. The van der Waals surface area contributed by atoms with Crippen molar-refractivity contribution in [2.75, 3.05) is 31.7 Å². The average Bonchev–Trinajstić information content (AvgIpc) is 2.80. The number of nitrogens with zero attached hydrogens (tertiary/aromatic N) is 2. The van der Waals surface area contributed by atoms with E-state index in [2.05, 4.69) is 15.5 Å². The molecule has 1 unspecified atom stereocenters. The first kappa shape index (κ1) is 28.2. The van der Waals surface area contributed by atoms with Crippen LogP contribution in [-0.2, 0) is 9.59 Å². The summed E-state index contributed by atoms with van der Waals surface area (Å²) in [5.41, 5.74) is 0.532. The highest BCUT2D eigenvalue weighted by Gasteiger charge is 2.25. The Balaban J connectivity index is 2.37. The number of amides is 1. The van der Waals surface area contributed by atoms with E-state index in [0.717, 1.165) is 0 Å². The van der Waals surface area contributed by atoms with Gasteiger partial charge in [0.2, 0.25) is 6.04 Å². The lowest BCUT2D eigenvalue weighted by molar-refractivity contribution is -0.126. The molecule has 1 amide bonds. The molecule has 0 saturated carbocycles. The summed E-state index contributed by atoms with van der Waals surface area (Å²) < 4.78 is 22.1. The Hall–Kier alpha value is -3.04. The van der Waals surface area contributed by atoms with E-state index in [0.29, 0.717) is 59.5 Å². The van der Waals surface area contributed by atoms with Gasteiger partial charge in [0.25, 0.3) is 5.91 Å². The molecule has 1 atom stereocenters. The molecule has 11 heteroatoms. The molecule has 0 radical (unpaired) electrons. The minimum absolute atomic E-state index is 0.250. The van der Waals surface area contributed by atoms with Crippen LogP contribution in [0.4, 0.5) is 11.4 Å². The maximum atomic E-state index is 13.0. The predicted octanol–water partition coefficient (Wildman–Crippen LogP) is 6.27. The second kappa shape index (κ2) is 13.7. The number of nitrogens with one attached hydrogen (secondary N) is 1. The van der Waals surface area contributed by atoms with Crippen LogP contribution >= 0.6 is 23.2 Å². The molecule has 0 heterocycles. The third-order valence-electron chi connectivity index (χ3n) is 4.42. The molecule has 0 saturated heterocycles. The highest BCUT2D eigenvalue weighted by atomic mass is 35.5. The topological polar surface area (TPSA) is 108 Å². The van der Waals surface area contributed by atoms with Crippen molar-refractivity contribution in [1.29, 1.82) is 0 Å². The van der Waals surface area contributed by atoms with Gasteiger partial charge in [0.05, 0.1) is 42.2 Å². The molecule has 190 valence electrons. The number of hydrogen-bond donors (Lipinski definition) is 1. The zero-order valence-electron chi connectivity index (χ0n) is 20.3. The van der Waals surface area contributed by atoms with E-state index in [1.807, 2.05) is 6.92 Å². The Morgan fingerprint density at radius 2 is 1.31 bits per heavy atom. The lowest BCUT2D eigenvalue weighted by Gasteiger charge is -2.16. The number of hydrogen-bond acceptors (Lipinski definition) is 8. The van der Waals surface area contributed by atoms with E-state index < -0.39 is 17.7 Å². The van der Waals surface area contributed by atoms with Gasteiger partial charge in [-0.05, 0) is 40.7 Å². The highest BCUT2D eigenvalue weighted by molar-refractivity contribution is 6.32. The Labute approximate surface area is 214 Å². The summed E-state index contributed by atoms with van der Waals surface area (Å²) in [7, 11) is 0. The average molecular weight is 526 g/mol. The van der Waals surface area contributed by atoms with Crippen molar-refractivity contribution in [3.05, 3.63) is 34.3 Å². The number of carbonyl (C=O) groups excluding carboxylic acids is 2. The number of rotatable bonds is 13. The fourth-order valence-electron chi connectivity index (χ4n) is 2.95. The lowest BCUT2D eigenvalue weighted by Crippen LogP contribution is -2.32. The van der Waals surface area contributed by atoms with Crippen molar-refractivity contribution < 1.29 is 28.5 Å². The zero-order chi connectivity index (χ0) is 26.0. The number of halogens is 2. The Morgan fingerprint density at radius 1 is 0.800 bits per heavy atom. The summed E-state index contributed by atoms with van der Waals surface area (Å²) >= 11 is 12.5. The van der Waals surface area contributed by atoms with E-state index in [9.17, 15) is 9.59 Å². The monoisotopic (exact) mass is 525 g/mol. The predicted molar refractivity (Wildman–Crippen MR) is 135 cm³/mol. The van der Waals surface area contributed by atoms with Crippen molar-refractivity contribution >= 4 is 46.3 Å². The molecule has 2 rings (SSSR count). The second-order valence-corrected chi connectivity index (χ2v) is 7.79. The molecular formula is C24H29Cl2N3O6. The molecule has 9 nitrogen and oxygen atoms in total. The van der Waals surface area contributed by atoms with Crippen LogP contribution in [0.2, 0.25) is 10.0 Å². The minimum atomic E-state index is -1.43. The second-order valence-electron chi connectivity index (χ2n) is 6.98. The van der Waals surface area contributed by atoms with E-state index in [-0.39, 0.29) is 11.4 Å². The standard InChI is InChI=1S/C24H29Cl2N3O6/c1-6-32-19-12-17(21(34-8-3)11-16(19)26)27-24(31)23(14(5)30)29-28-18-10-15(25)20(33-7-2)13-22(18)35-9-4/h10-13,23H,6-9H2,1-5H3,(H,27,31). The van der Waals surface area contributed by atoms with Gasteiger partial charge in [-0.25, -0.2) is 0 Å². The maximum Gasteiger partial charge on any atom is 0.258 e. The lowest BCUT2D eigenvalue weighted by atomic mass is 10.2. The number of Topliss-reactive ketones (excluding diaryl/α,β-unsaturated/α-hetero) is 1. The van der Waals surface area contributed by atoms with Gasteiger partial charge in [-0.1, -0.05) is 23.2 Å². The van der Waals surface area contributed by atoms with Crippen molar-refractivity contribution in [1.82, 2.24) is 0 Å². The summed E-state index contributed by atoms with van der Waals surface area (Å²) in [5.74, 6) is 0.239. The van der Waals surface area contributed by atoms with Crippen LogP contribution in [0, 0.1) is 0 Å². The first-order valence-electron chi connectivity index (χ1n) is 11.2. The SMILES string of the molecule is CCOc1cc(NC(=O)C(N=Nc2cc(Cl)c(OCC)cc2OCC)C(C)=O)c(OCC)cc1Cl. The van der Waals surface area contributed by atoms with Crippen LogP contribution in [0.25, 0.3) is 0 Å². The maximum absolute atomic E-state index is 13.0. The first-order chi connectivity index (χ1) is 16.7. The molecule has 35 heavy (non-hydrogen) atoms. The van der Waals surface area contributed by atoms with Gasteiger partial charge in [0.1, 0.15) is 22.9 Å². The van der Waals surface area contributed by atoms with Crippen molar-refractivity contribution in [2.45, 2.75) is 40.7 Å². The van der Waals surface area contributed by atoms with Crippen LogP contribution in [0.15, 0.2) is 34.5 Å². The van der Waals surface area contributed by atoms with Crippen LogP contribution in [0.5, 0.6) is 23.0 Å². The molecule has 0 aliphatic carbocycles. The van der Waals surface area contributed by atoms with Crippen molar-refractivity contribution in [2.24, 2.45) is 10.2 Å². The van der Waals surface area contributed by atoms with Gasteiger partial charge >= 0.3 is 0 Å². The minimum Gasteiger partial charge on any atom is -0.492 e. The third kappa shape index (κ3) is 7.73. The van der Waals surface area contributed by atoms with E-state index in [4.69, 9.17) is 42.1 Å². The zero-order valence-corrected chi connectivity index (χ0v) is 21.8. The number of ketones is 1. The number of ether oxygens (including phenoxy) is 4. The van der Waals surface area contributed by atoms with E-state index in [1.165, 1.54) is 25.1 Å². The molecular weight excluding hydrogens is 497 g/mol. The molecule has 0 aromatic heterocycles. The number of carbonyl (C=O) groups is 2. The Bertz CT molecular complexity index is 1080. The van der Waals surface area contributed by atoms with Crippen LogP contribution in [0.3, 0.4) is 0 Å². The van der Waals surface area contributed by atoms with E-state index in [1.54, 1.807) is 26.8 Å². The summed E-state index contributed by atoms with van der Waals surface area (Å²) in [4.78, 5) is 25.3. The molecule has 0 spiro atoms. The van der Waals surface area contributed by atoms with Gasteiger partial charge in [-0.2, -0.15) is 10.2 Å². The molecule has 0 fully saturated rings. The molecule has 0 aliphatic rings. The molecule has 0 bridgehead atoms. The van der Waals surface area contributed by atoms with Gasteiger partial charge in [0.15, 0.2) is 11.5 Å². The van der Waals surface area contributed by atoms with Gasteiger partial charge < -0.3 is 24.3 Å².